The average molecular weight is 424 g/mol. The maximum absolute atomic E-state index is 12.7. The minimum Gasteiger partial charge on any atom is -0.467 e. The van der Waals surface area contributed by atoms with Crippen molar-refractivity contribution in [3.63, 3.8) is 0 Å². The van der Waals surface area contributed by atoms with E-state index < -0.39 is 17.8 Å². The van der Waals surface area contributed by atoms with E-state index in [0.29, 0.717) is 5.76 Å². The van der Waals surface area contributed by atoms with E-state index in [0.717, 1.165) is 24.2 Å². The fraction of sp³-hybridized carbons (Fsp3) is 0.391. The van der Waals surface area contributed by atoms with Gasteiger partial charge in [-0.1, -0.05) is 0 Å². The van der Waals surface area contributed by atoms with Crippen LogP contribution in [0, 0.1) is 0 Å². The smallest absolute Gasteiger partial charge is 0.338 e. The molecule has 8 heteroatoms. The van der Waals surface area contributed by atoms with Gasteiger partial charge in [-0.05, 0) is 63.4 Å². The Morgan fingerprint density at radius 1 is 1.06 bits per heavy atom. The van der Waals surface area contributed by atoms with Crippen molar-refractivity contribution in [3.05, 3.63) is 59.0 Å². The molecule has 31 heavy (non-hydrogen) atoms. The van der Waals surface area contributed by atoms with Gasteiger partial charge in [-0.25, -0.2) is 4.79 Å². The van der Waals surface area contributed by atoms with Crippen molar-refractivity contribution in [2.75, 3.05) is 6.61 Å². The molecular weight excluding hydrogens is 400 g/mol. The van der Waals surface area contributed by atoms with E-state index in [4.69, 9.17) is 9.15 Å². The lowest BCUT2D eigenvalue weighted by Gasteiger charge is -2.38. The molecule has 0 bridgehead atoms. The van der Waals surface area contributed by atoms with E-state index >= 15 is 0 Å². The minimum absolute atomic E-state index is 0.0137. The predicted octanol–water partition coefficient (Wildman–Crippen LogP) is 3.02. The molecule has 0 unspecified atom stereocenters. The first kappa shape index (κ1) is 20.8. The second kappa shape index (κ2) is 8.37. The Morgan fingerprint density at radius 2 is 1.77 bits per heavy atom. The second-order valence-corrected chi connectivity index (χ2v) is 8.04. The van der Waals surface area contributed by atoms with Crippen LogP contribution in [-0.2, 0) is 16.1 Å². The Kier molecular flexibility index (Phi) is 5.63. The first-order valence-electron chi connectivity index (χ1n) is 10.4. The van der Waals surface area contributed by atoms with Gasteiger partial charge in [0.25, 0.3) is 17.7 Å². The van der Waals surface area contributed by atoms with Gasteiger partial charge in [0.05, 0.1) is 29.5 Å². The fourth-order valence-corrected chi connectivity index (χ4v) is 4.32. The number of nitrogens with zero attached hydrogens (tertiary/aromatic N) is 2. The largest absolute Gasteiger partial charge is 0.467 e. The standard InChI is InChI=1S/C23H24N2O6/c1-14-5-3-6-15(2)25(14)20(26)13-31-23(29)16-8-9-18-19(11-16)22(28)24(21(18)27)12-17-7-4-10-30-17/h4,7-11,14-15H,3,5-6,12-13H2,1-2H3/t14-,15+. The maximum atomic E-state index is 12.7. The highest BCUT2D eigenvalue weighted by atomic mass is 16.5. The van der Waals surface area contributed by atoms with Crippen molar-refractivity contribution in [2.24, 2.45) is 0 Å². The van der Waals surface area contributed by atoms with Crippen LogP contribution in [0.3, 0.4) is 0 Å². The molecule has 1 aromatic heterocycles. The number of benzene rings is 1. The number of amides is 3. The monoisotopic (exact) mass is 424 g/mol. The van der Waals surface area contributed by atoms with E-state index in [1.165, 1.54) is 24.5 Å². The molecular formula is C23H24N2O6. The Labute approximate surface area is 179 Å². The van der Waals surface area contributed by atoms with Gasteiger partial charge in [0, 0.05) is 12.1 Å². The van der Waals surface area contributed by atoms with Crippen molar-refractivity contribution in [1.82, 2.24) is 9.80 Å². The number of hydrogen-bond acceptors (Lipinski definition) is 6. The molecule has 2 aliphatic heterocycles. The molecule has 8 nitrogen and oxygen atoms in total. The van der Waals surface area contributed by atoms with Crippen LogP contribution in [0.25, 0.3) is 0 Å². The molecule has 0 N–H and O–H groups in total. The summed E-state index contributed by atoms with van der Waals surface area (Å²) < 4.78 is 10.4. The first-order chi connectivity index (χ1) is 14.9. The second-order valence-electron chi connectivity index (χ2n) is 8.04. The number of fused-ring (bicyclic) bond motifs is 1. The van der Waals surface area contributed by atoms with Gasteiger partial charge in [0.1, 0.15) is 5.76 Å². The zero-order valence-electron chi connectivity index (χ0n) is 17.5. The quantitative estimate of drug-likeness (QED) is 0.541. The van der Waals surface area contributed by atoms with E-state index in [-0.39, 0.29) is 47.8 Å². The molecule has 0 radical (unpaired) electrons. The number of ether oxygens (including phenoxy) is 1. The molecule has 1 fully saturated rings. The molecule has 0 aliphatic carbocycles. The van der Waals surface area contributed by atoms with Crippen LogP contribution in [0.1, 0.15) is 69.9 Å². The van der Waals surface area contributed by atoms with Gasteiger partial charge in [-0.2, -0.15) is 0 Å². The molecule has 3 heterocycles. The van der Waals surface area contributed by atoms with E-state index in [1.807, 2.05) is 13.8 Å². The van der Waals surface area contributed by atoms with Crippen molar-refractivity contribution in [3.8, 4) is 0 Å². The van der Waals surface area contributed by atoms with Gasteiger partial charge in [0.2, 0.25) is 0 Å². The molecule has 4 rings (SSSR count). The van der Waals surface area contributed by atoms with Gasteiger partial charge in [0.15, 0.2) is 6.61 Å². The van der Waals surface area contributed by atoms with Crippen molar-refractivity contribution in [2.45, 2.75) is 51.7 Å². The van der Waals surface area contributed by atoms with Gasteiger partial charge >= 0.3 is 5.97 Å². The van der Waals surface area contributed by atoms with Crippen LogP contribution in [0.15, 0.2) is 41.0 Å². The zero-order valence-corrected chi connectivity index (χ0v) is 17.5. The molecule has 1 aromatic carbocycles. The molecule has 0 saturated carbocycles. The first-order valence-corrected chi connectivity index (χ1v) is 10.4. The summed E-state index contributed by atoms with van der Waals surface area (Å²) in [5.41, 5.74) is 0.475. The Balaban J connectivity index is 1.43. The molecule has 2 aromatic rings. The van der Waals surface area contributed by atoms with Crippen LogP contribution in [-0.4, -0.2) is 52.2 Å². The SMILES string of the molecule is C[C@@H]1CCC[C@H](C)N1C(=O)COC(=O)c1ccc2c(c1)C(=O)N(Cc1ccco1)C2=O. The van der Waals surface area contributed by atoms with Crippen molar-refractivity contribution >= 4 is 23.7 Å². The van der Waals surface area contributed by atoms with Crippen LogP contribution in [0.4, 0.5) is 0 Å². The number of carbonyl (C=O) groups is 4. The van der Waals surface area contributed by atoms with Crippen LogP contribution in [0.2, 0.25) is 0 Å². The summed E-state index contributed by atoms with van der Waals surface area (Å²) in [5.74, 6) is -1.41. The number of carbonyl (C=O) groups excluding carboxylic acids is 4. The summed E-state index contributed by atoms with van der Waals surface area (Å²) in [6.07, 6.45) is 4.40. The van der Waals surface area contributed by atoms with E-state index in [2.05, 4.69) is 0 Å². The Hall–Kier alpha value is -3.42. The lowest BCUT2D eigenvalue weighted by Crippen LogP contribution is -2.49. The lowest BCUT2D eigenvalue weighted by molar-refractivity contribution is -0.140. The summed E-state index contributed by atoms with van der Waals surface area (Å²) in [7, 11) is 0. The van der Waals surface area contributed by atoms with E-state index in [9.17, 15) is 19.2 Å². The molecule has 2 atom stereocenters. The summed E-state index contributed by atoms with van der Waals surface area (Å²) in [6, 6.07) is 7.78. The Bertz CT molecular complexity index is 1020. The van der Waals surface area contributed by atoms with Crippen LogP contribution < -0.4 is 0 Å². The fourth-order valence-electron chi connectivity index (χ4n) is 4.32. The van der Waals surface area contributed by atoms with Gasteiger partial charge in [-0.15, -0.1) is 0 Å². The van der Waals surface area contributed by atoms with Crippen LogP contribution in [0.5, 0.6) is 0 Å². The topological polar surface area (TPSA) is 97.1 Å². The van der Waals surface area contributed by atoms with Gasteiger partial charge in [-0.3, -0.25) is 19.3 Å². The summed E-state index contributed by atoms with van der Waals surface area (Å²) in [5, 5.41) is 0. The molecule has 3 amide bonds. The Morgan fingerprint density at radius 3 is 2.45 bits per heavy atom. The third kappa shape index (κ3) is 3.97. The number of imide groups is 1. The predicted molar refractivity (Wildman–Crippen MR) is 109 cm³/mol. The minimum atomic E-state index is -0.710. The summed E-state index contributed by atoms with van der Waals surface area (Å²) >= 11 is 0. The van der Waals surface area contributed by atoms with Gasteiger partial charge < -0.3 is 14.1 Å². The van der Waals surface area contributed by atoms with Crippen molar-refractivity contribution in [1.29, 1.82) is 0 Å². The average Bonchev–Trinajstić information content (AvgIpc) is 3.35. The highest BCUT2D eigenvalue weighted by Crippen LogP contribution is 2.26. The number of furan rings is 1. The number of hydrogen-bond donors (Lipinski definition) is 0. The number of rotatable bonds is 5. The lowest BCUT2D eigenvalue weighted by atomic mass is 9.97. The number of likely N-dealkylation sites (tertiary alicyclic amines) is 1. The third-order valence-electron chi connectivity index (χ3n) is 5.91. The normalized spacial score (nSPS) is 20.7. The molecule has 2 aliphatic rings. The molecule has 1 saturated heterocycles. The third-order valence-corrected chi connectivity index (χ3v) is 5.91. The molecule has 0 spiro atoms. The number of piperidine rings is 1. The highest BCUT2D eigenvalue weighted by molar-refractivity contribution is 6.21. The maximum Gasteiger partial charge on any atom is 0.338 e. The van der Waals surface area contributed by atoms with Crippen LogP contribution >= 0.6 is 0 Å². The van der Waals surface area contributed by atoms with Crippen molar-refractivity contribution < 1.29 is 28.3 Å². The summed E-state index contributed by atoms with van der Waals surface area (Å²) in [6.45, 7) is 3.64. The zero-order chi connectivity index (χ0) is 22.1. The highest BCUT2D eigenvalue weighted by Gasteiger charge is 2.37. The van der Waals surface area contributed by atoms with E-state index in [1.54, 1.807) is 17.0 Å². The summed E-state index contributed by atoms with van der Waals surface area (Å²) in [4.78, 5) is 53.2. The number of esters is 1. The molecule has 162 valence electrons.